The van der Waals surface area contributed by atoms with E-state index >= 15 is 0 Å². The highest BCUT2D eigenvalue weighted by Crippen LogP contribution is 2.31. The second-order valence-electron chi connectivity index (χ2n) is 4.45. The first kappa shape index (κ1) is 15.8. The second-order valence-corrected chi connectivity index (χ2v) is 4.45. The predicted octanol–water partition coefficient (Wildman–Crippen LogP) is 3.48. The minimum absolute atomic E-state index is 0.106. The number of hydrogen-bond donors (Lipinski definition) is 1. The Bertz CT molecular complexity index is 368. The quantitative estimate of drug-likeness (QED) is 0.695. The van der Waals surface area contributed by atoms with Crippen LogP contribution in [0.5, 0.6) is 11.5 Å². The zero-order chi connectivity index (χ0) is 14.1. The Hall–Kier alpha value is -1.26. The Morgan fingerprint density at radius 2 is 1.68 bits per heavy atom. The summed E-state index contributed by atoms with van der Waals surface area (Å²) in [5, 5.41) is 0. The maximum absolute atomic E-state index is 5.76. The summed E-state index contributed by atoms with van der Waals surface area (Å²) in [6.45, 7) is 7.61. The highest BCUT2D eigenvalue weighted by atomic mass is 16.6. The molecule has 0 fully saturated rings. The molecule has 1 atom stereocenters. The van der Waals surface area contributed by atoms with Crippen LogP contribution >= 0.6 is 0 Å². The van der Waals surface area contributed by atoms with Crippen molar-refractivity contribution in [1.82, 2.24) is 5.48 Å². The molecular formula is C15H25NO3. The summed E-state index contributed by atoms with van der Waals surface area (Å²) in [4.78, 5) is 4.95. The number of ether oxygens (including phenoxy) is 2. The van der Waals surface area contributed by atoms with Gasteiger partial charge in [-0.1, -0.05) is 19.9 Å². The fraction of sp³-hybridized carbons (Fsp3) is 0.600. The lowest BCUT2D eigenvalue weighted by Crippen LogP contribution is -2.17. The van der Waals surface area contributed by atoms with Gasteiger partial charge in [0.2, 0.25) is 0 Å². The van der Waals surface area contributed by atoms with Crippen molar-refractivity contribution in [2.75, 3.05) is 20.3 Å². The number of hydrogen-bond acceptors (Lipinski definition) is 4. The monoisotopic (exact) mass is 267 g/mol. The van der Waals surface area contributed by atoms with E-state index in [1.54, 1.807) is 7.11 Å². The van der Waals surface area contributed by atoms with Crippen molar-refractivity contribution >= 4 is 0 Å². The molecule has 0 saturated heterocycles. The van der Waals surface area contributed by atoms with E-state index in [4.69, 9.17) is 14.3 Å². The summed E-state index contributed by atoms with van der Waals surface area (Å²) < 4.78 is 11.5. The van der Waals surface area contributed by atoms with Crippen LogP contribution in [0.3, 0.4) is 0 Å². The van der Waals surface area contributed by atoms with Gasteiger partial charge in [0.05, 0.1) is 26.4 Å². The third-order valence-corrected chi connectivity index (χ3v) is 2.69. The van der Waals surface area contributed by atoms with E-state index in [9.17, 15) is 0 Å². The lowest BCUT2D eigenvalue weighted by Gasteiger charge is -2.17. The molecule has 19 heavy (non-hydrogen) atoms. The van der Waals surface area contributed by atoms with Gasteiger partial charge in [0, 0.05) is 0 Å². The summed E-state index contributed by atoms with van der Waals surface area (Å²) >= 11 is 0. The van der Waals surface area contributed by atoms with E-state index in [0.29, 0.717) is 13.2 Å². The number of nitrogens with one attached hydrogen (secondary N) is 1. The predicted molar refractivity (Wildman–Crippen MR) is 76.6 cm³/mol. The molecule has 0 radical (unpaired) electrons. The van der Waals surface area contributed by atoms with Gasteiger partial charge in [0.25, 0.3) is 0 Å². The molecule has 1 N–H and O–H groups in total. The average molecular weight is 267 g/mol. The van der Waals surface area contributed by atoms with Gasteiger partial charge in [-0.2, -0.15) is 5.48 Å². The minimum atomic E-state index is 0.106. The van der Waals surface area contributed by atoms with Crippen LogP contribution in [0, 0.1) is 0 Å². The Morgan fingerprint density at radius 1 is 1.05 bits per heavy atom. The van der Waals surface area contributed by atoms with Crippen molar-refractivity contribution in [2.24, 2.45) is 0 Å². The van der Waals surface area contributed by atoms with Gasteiger partial charge >= 0.3 is 0 Å². The second kappa shape index (κ2) is 8.77. The maximum atomic E-state index is 5.76. The molecule has 1 rings (SSSR count). The molecule has 0 aromatic heterocycles. The van der Waals surface area contributed by atoms with Crippen molar-refractivity contribution in [1.29, 1.82) is 0 Å². The van der Waals surface area contributed by atoms with E-state index in [0.717, 1.165) is 29.9 Å². The Kier molecular flexibility index (Phi) is 7.30. The van der Waals surface area contributed by atoms with Gasteiger partial charge in [0.15, 0.2) is 11.5 Å². The van der Waals surface area contributed by atoms with Crippen molar-refractivity contribution in [3.8, 4) is 11.5 Å². The molecule has 1 aromatic rings. The average Bonchev–Trinajstić information content (AvgIpc) is 2.43. The Labute approximate surface area is 116 Å². The molecule has 0 bridgehead atoms. The molecule has 0 amide bonds. The SMILES string of the molecule is CCCOc1ccc(C(C)NOC)cc1OCCC. The van der Waals surface area contributed by atoms with Crippen LogP contribution in [0.25, 0.3) is 0 Å². The number of rotatable bonds is 9. The molecule has 1 aromatic carbocycles. The first-order chi connectivity index (χ1) is 9.22. The topological polar surface area (TPSA) is 39.7 Å². The van der Waals surface area contributed by atoms with E-state index in [1.165, 1.54) is 0 Å². The lowest BCUT2D eigenvalue weighted by molar-refractivity contribution is 0.0658. The molecule has 0 saturated carbocycles. The van der Waals surface area contributed by atoms with Gasteiger partial charge < -0.3 is 14.3 Å². The van der Waals surface area contributed by atoms with E-state index in [-0.39, 0.29) is 6.04 Å². The first-order valence-electron chi connectivity index (χ1n) is 6.90. The zero-order valence-electron chi connectivity index (χ0n) is 12.4. The fourth-order valence-corrected chi connectivity index (χ4v) is 1.69. The molecule has 0 aliphatic rings. The molecular weight excluding hydrogens is 242 g/mol. The van der Waals surface area contributed by atoms with E-state index in [1.807, 2.05) is 25.1 Å². The first-order valence-corrected chi connectivity index (χ1v) is 6.90. The fourth-order valence-electron chi connectivity index (χ4n) is 1.69. The van der Waals surface area contributed by atoms with Crippen LogP contribution in [0.4, 0.5) is 0 Å². The highest BCUT2D eigenvalue weighted by Gasteiger charge is 2.10. The molecule has 1 unspecified atom stereocenters. The Balaban J connectivity index is 2.86. The maximum Gasteiger partial charge on any atom is 0.161 e. The molecule has 0 heterocycles. The van der Waals surface area contributed by atoms with Gasteiger partial charge in [-0.3, -0.25) is 0 Å². The number of benzene rings is 1. The van der Waals surface area contributed by atoms with Crippen LogP contribution in [-0.4, -0.2) is 20.3 Å². The van der Waals surface area contributed by atoms with Crippen LogP contribution in [0.1, 0.15) is 45.2 Å². The van der Waals surface area contributed by atoms with Crippen LogP contribution in [-0.2, 0) is 4.84 Å². The van der Waals surface area contributed by atoms with E-state index in [2.05, 4.69) is 19.3 Å². The van der Waals surface area contributed by atoms with Gasteiger partial charge in [0.1, 0.15) is 0 Å². The molecule has 0 aliphatic heterocycles. The smallest absolute Gasteiger partial charge is 0.161 e. The largest absolute Gasteiger partial charge is 0.490 e. The Morgan fingerprint density at radius 3 is 2.26 bits per heavy atom. The van der Waals surface area contributed by atoms with E-state index < -0.39 is 0 Å². The highest BCUT2D eigenvalue weighted by molar-refractivity contribution is 5.43. The third kappa shape index (κ3) is 5.09. The van der Waals surface area contributed by atoms with Gasteiger partial charge in [-0.15, -0.1) is 0 Å². The molecule has 0 spiro atoms. The molecule has 108 valence electrons. The summed E-state index contributed by atoms with van der Waals surface area (Å²) in [5.74, 6) is 1.61. The molecule has 0 aliphatic carbocycles. The lowest BCUT2D eigenvalue weighted by atomic mass is 10.1. The summed E-state index contributed by atoms with van der Waals surface area (Å²) in [6.07, 6.45) is 1.96. The minimum Gasteiger partial charge on any atom is -0.490 e. The van der Waals surface area contributed by atoms with Crippen LogP contribution in [0.2, 0.25) is 0 Å². The van der Waals surface area contributed by atoms with Crippen molar-refractivity contribution in [3.63, 3.8) is 0 Å². The summed E-state index contributed by atoms with van der Waals surface area (Å²) in [7, 11) is 1.61. The third-order valence-electron chi connectivity index (χ3n) is 2.69. The zero-order valence-corrected chi connectivity index (χ0v) is 12.4. The van der Waals surface area contributed by atoms with Gasteiger partial charge in [-0.05, 0) is 37.5 Å². The van der Waals surface area contributed by atoms with Crippen LogP contribution in [0.15, 0.2) is 18.2 Å². The molecule has 4 nitrogen and oxygen atoms in total. The van der Waals surface area contributed by atoms with Gasteiger partial charge in [-0.25, -0.2) is 0 Å². The molecule has 4 heteroatoms. The summed E-state index contributed by atoms with van der Waals surface area (Å²) in [6, 6.07) is 6.11. The summed E-state index contributed by atoms with van der Waals surface area (Å²) in [5.41, 5.74) is 4.02. The normalized spacial score (nSPS) is 12.2. The van der Waals surface area contributed by atoms with Crippen LogP contribution < -0.4 is 15.0 Å². The van der Waals surface area contributed by atoms with Crippen molar-refractivity contribution in [3.05, 3.63) is 23.8 Å². The van der Waals surface area contributed by atoms with Crippen molar-refractivity contribution in [2.45, 2.75) is 39.7 Å². The number of hydroxylamine groups is 1. The van der Waals surface area contributed by atoms with Crippen molar-refractivity contribution < 1.29 is 14.3 Å². The standard InChI is InChI=1S/C15H25NO3/c1-5-9-18-14-8-7-13(12(3)16-17-4)11-15(14)19-10-6-2/h7-8,11-12,16H,5-6,9-10H2,1-4H3.